The predicted octanol–water partition coefficient (Wildman–Crippen LogP) is 2.83. The average Bonchev–Trinajstić information content (AvgIpc) is 2.70. The summed E-state index contributed by atoms with van der Waals surface area (Å²) in [5, 5.41) is 0. The number of thiazole rings is 1. The van der Waals surface area contributed by atoms with Gasteiger partial charge in [-0.15, -0.1) is 11.3 Å². The SMILES string of the molecule is Cc1ccc(C(N)Cc2cncs2)c(F)c1. The van der Waals surface area contributed by atoms with Crippen LogP contribution in [0.15, 0.2) is 29.9 Å². The molecule has 2 nitrogen and oxygen atoms in total. The van der Waals surface area contributed by atoms with Crippen LogP contribution in [0.4, 0.5) is 4.39 Å². The largest absolute Gasteiger partial charge is 0.324 e. The first kappa shape index (κ1) is 11.2. The molecule has 1 unspecified atom stereocenters. The molecule has 0 bridgehead atoms. The second kappa shape index (κ2) is 4.72. The summed E-state index contributed by atoms with van der Waals surface area (Å²) in [4.78, 5) is 5.05. The Labute approximate surface area is 97.9 Å². The number of hydrogen-bond acceptors (Lipinski definition) is 3. The molecule has 16 heavy (non-hydrogen) atoms. The zero-order valence-corrected chi connectivity index (χ0v) is 9.80. The number of nitrogens with zero attached hydrogens (tertiary/aromatic N) is 1. The monoisotopic (exact) mass is 236 g/mol. The molecule has 1 heterocycles. The van der Waals surface area contributed by atoms with Crippen LogP contribution in [0.25, 0.3) is 0 Å². The van der Waals surface area contributed by atoms with E-state index in [9.17, 15) is 4.39 Å². The Balaban J connectivity index is 2.17. The molecule has 0 spiro atoms. The normalized spacial score (nSPS) is 12.7. The van der Waals surface area contributed by atoms with Crippen molar-refractivity contribution < 1.29 is 4.39 Å². The number of hydrogen-bond donors (Lipinski definition) is 1. The highest BCUT2D eigenvalue weighted by molar-refractivity contribution is 7.09. The maximum atomic E-state index is 13.6. The number of benzene rings is 1. The zero-order chi connectivity index (χ0) is 11.5. The van der Waals surface area contributed by atoms with Crippen molar-refractivity contribution >= 4 is 11.3 Å². The molecule has 0 fully saturated rings. The number of halogens is 1. The third kappa shape index (κ3) is 2.46. The summed E-state index contributed by atoms with van der Waals surface area (Å²) >= 11 is 1.54. The van der Waals surface area contributed by atoms with Crippen LogP contribution in [-0.4, -0.2) is 4.98 Å². The molecule has 1 aromatic carbocycles. The van der Waals surface area contributed by atoms with E-state index in [0.717, 1.165) is 10.4 Å². The Morgan fingerprint density at radius 1 is 1.50 bits per heavy atom. The number of rotatable bonds is 3. The lowest BCUT2D eigenvalue weighted by atomic mass is 10.0. The summed E-state index contributed by atoms with van der Waals surface area (Å²) in [6, 6.07) is 4.85. The van der Waals surface area contributed by atoms with Gasteiger partial charge in [0.2, 0.25) is 0 Å². The molecule has 0 aliphatic rings. The van der Waals surface area contributed by atoms with E-state index < -0.39 is 0 Å². The maximum Gasteiger partial charge on any atom is 0.128 e. The van der Waals surface area contributed by atoms with Gasteiger partial charge in [0.25, 0.3) is 0 Å². The van der Waals surface area contributed by atoms with E-state index in [4.69, 9.17) is 5.73 Å². The van der Waals surface area contributed by atoms with Crippen LogP contribution >= 0.6 is 11.3 Å². The van der Waals surface area contributed by atoms with Gasteiger partial charge in [0, 0.05) is 29.1 Å². The number of nitrogens with two attached hydrogens (primary N) is 1. The lowest BCUT2D eigenvalue weighted by molar-refractivity contribution is 0.580. The van der Waals surface area contributed by atoms with Gasteiger partial charge < -0.3 is 5.73 Å². The highest BCUT2D eigenvalue weighted by Gasteiger charge is 2.12. The van der Waals surface area contributed by atoms with Gasteiger partial charge in [0.15, 0.2) is 0 Å². The second-order valence-corrected chi connectivity index (χ2v) is 4.77. The van der Waals surface area contributed by atoms with E-state index in [1.54, 1.807) is 29.1 Å². The summed E-state index contributed by atoms with van der Waals surface area (Å²) in [5.41, 5.74) is 9.21. The van der Waals surface area contributed by atoms with Crippen molar-refractivity contribution in [2.75, 3.05) is 0 Å². The fraction of sp³-hybridized carbons (Fsp3) is 0.250. The summed E-state index contributed by atoms with van der Waals surface area (Å²) in [6.07, 6.45) is 2.40. The minimum absolute atomic E-state index is 0.225. The summed E-state index contributed by atoms with van der Waals surface area (Å²) in [7, 11) is 0. The second-order valence-electron chi connectivity index (χ2n) is 3.80. The van der Waals surface area contributed by atoms with Crippen LogP contribution in [-0.2, 0) is 6.42 Å². The van der Waals surface area contributed by atoms with E-state index in [1.165, 1.54) is 6.07 Å². The molecule has 1 aromatic heterocycles. The van der Waals surface area contributed by atoms with Crippen LogP contribution < -0.4 is 5.73 Å². The van der Waals surface area contributed by atoms with Crippen molar-refractivity contribution in [3.05, 3.63) is 51.7 Å². The van der Waals surface area contributed by atoms with E-state index in [0.29, 0.717) is 12.0 Å². The molecule has 0 saturated carbocycles. The molecular formula is C12H13FN2S. The lowest BCUT2D eigenvalue weighted by Gasteiger charge is -2.12. The van der Waals surface area contributed by atoms with Crippen molar-refractivity contribution in [1.29, 1.82) is 0 Å². The van der Waals surface area contributed by atoms with Gasteiger partial charge in [0.05, 0.1) is 5.51 Å². The summed E-state index contributed by atoms with van der Waals surface area (Å²) in [6.45, 7) is 1.86. The van der Waals surface area contributed by atoms with Crippen LogP contribution in [0.5, 0.6) is 0 Å². The Kier molecular flexibility index (Phi) is 3.31. The first-order valence-electron chi connectivity index (χ1n) is 5.06. The number of aromatic nitrogens is 1. The van der Waals surface area contributed by atoms with Gasteiger partial charge in [-0.25, -0.2) is 4.39 Å². The van der Waals surface area contributed by atoms with E-state index >= 15 is 0 Å². The Bertz CT molecular complexity index is 468. The highest BCUT2D eigenvalue weighted by Crippen LogP contribution is 2.21. The highest BCUT2D eigenvalue weighted by atomic mass is 32.1. The van der Waals surface area contributed by atoms with Gasteiger partial charge >= 0.3 is 0 Å². The van der Waals surface area contributed by atoms with Gasteiger partial charge in [0.1, 0.15) is 5.82 Å². The quantitative estimate of drug-likeness (QED) is 0.890. The fourth-order valence-electron chi connectivity index (χ4n) is 1.60. The molecule has 1 atom stereocenters. The Hall–Kier alpha value is -1.26. The molecule has 2 N–H and O–H groups in total. The molecule has 0 aliphatic carbocycles. The van der Waals surface area contributed by atoms with Gasteiger partial charge in [-0.2, -0.15) is 0 Å². The molecular weight excluding hydrogens is 223 g/mol. The third-order valence-electron chi connectivity index (χ3n) is 2.46. The van der Waals surface area contributed by atoms with Crippen LogP contribution in [0.2, 0.25) is 0 Å². The third-order valence-corrected chi connectivity index (χ3v) is 3.26. The molecule has 0 radical (unpaired) electrons. The fourth-order valence-corrected chi connectivity index (χ4v) is 2.26. The van der Waals surface area contributed by atoms with Gasteiger partial charge in [-0.3, -0.25) is 4.98 Å². The van der Waals surface area contributed by atoms with Crippen molar-refractivity contribution in [2.24, 2.45) is 5.73 Å². The molecule has 84 valence electrons. The smallest absolute Gasteiger partial charge is 0.128 e. The minimum Gasteiger partial charge on any atom is -0.324 e. The molecule has 0 saturated heterocycles. The van der Waals surface area contributed by atoms with E-state index in [-0.39, 0.29) is 11.9 Å². The minimum atomic E-state index is -0.305. The topological polar surface area (TPSA) is 38.9 Å². The van der Waals surface area contributed by atoms with Crippen LogP contribution in [0.1, 0.15) is 22.0 Å². The van der Waals surface area contributed by atoms with Gasteiger partial charge in [-0.1, -0.05) is 12.1 Å². The molecule has 2 aromatic rings. The van der Waals surface area contributed by atoms with Crippen molar-refractivity contribution in [2.45, 2.75) is 19.4 Å². The lowest BCUT2D eigenvalue weighted by Crippen LogP contribution is -2.14. The van der Waals surface area contributed by atoms with Gasteiger partial charge in [-0.05, 0) is 18.6 Å². The Morgan fingerprint density at radius 2 is 2.31 bits per heavy atom. The van der Waals surface area contributed by atoms with Crippen LogP contribution in [0.3, 0.4) is 0 Å². The van der Waals surface area contributed by atoms with E-state index in [1.807, 2.05) is 13.0 Å². The molecule has 2 rings (SSSR count). The summed E-state index contributed by atoms with van der Waals surface area (Å²) < 4.78 is 13.6. The molecule has 0 aliphatic heterocycles. The summed E-state index contributed by atoms with van der Waals surface area (Å²) in [5.74, 6) is -0.225. The van der Waals surface area contributed by atoms with Crippen molar-refractivity contribution in [3.63, 3.8) is 0 Å². The first-order valence-corrected chi connectivity index (χ1v) is 5.94. The maximum absolute atomic E-state index is 13.6. The standard InChI is InChI=1S/C12H13FN2S/c1-8-2-3-10(11(13)4-8)12(14)5-9-6-15-7-16-9/h2-4,6-7,12H,5,14H2,1H3. The average molecular weight is 236 g/mol. The molecule has 4 heteroatoms. The van der Waals surface area contributed by atoms with Crippen molar-refractivity contribution in [3.8, 4) is 0 Å². The van der Waals surface area contributed by atoms with Crippen molar-refractivity contribution in [1.82, 2.24) is 4.98 Å². The predicted molar refractivity (Wildman–Crippen MR) is 63.9 cm³/mol. The molecule has 0 amide bonds. The van der Waals surface area contributed by atoms with Crippen LogP contribution in [0, 0.1) is 12.7 Å². The van der Waals surface area contributed by atoms with E-state index in [2.05, 4.69) is 4.98 Å². The zero-order valence-electron chi connectivity index (χ0n) is 8.98. The Morgan fingerprint density at radius 3 is 2.94 bits per heavy atom. The first-order chi connectivity index (χ1) is 7.66. The number of aryl methyl sites for hydroxylation is 1.